The van der Waals surface area contributed by atoms with Gasteiger partial charge in [0, 0.05) is 25.7 Å². The molecule has 3 heteroatoms. The Kier molecular flexibility index (Phi) is 4.54. The normalized spacial score (nSPS) is 19.2. The first-order valence-corrected chi connectivity index (χ1v) is 6.37. The van der Waals surface area contributed by atoms with Gasteiger partial charge in [0.05, 0.1) is 13.2 Å². The van der Waals surface area contributed by atoms with E-state index in [0.29, 0.717) is 0 Å². The lowest BCUT2D eigenvalue weighted by Gasteiger charge is -2.26. The standard InChI is InChI=1S/C14H22N2O/c1-12(15)10-13-2-4-14(5-3-13)11-16-6-8-17-9-7-16/h2-5,12H,6-11,15H2,1H3/t12-/m0/s1. The van der Waals surface area contributed by atoms with Crippen molar-refractivity contribution in [3.05, 3.63) is 35.4 Å². The summed E-state index contributed by atoms with van der Waals surface area (Å²) in [5, 5.41) is 0. The van der Waals surface area contributed by atoms with E-state index in [9.17, 15) is 0 Å². The number of morpholine rings is 1. The number of benzene rings is 1. The van der Waals surface area contributed by atoms with E-state index in [1.807, 2.05) is 6.92 Å². The molecule has 1 aliphatic rings. The Morgan fingerprint density at radius 1 is 1.18 bits per heavy atom. The maximum absolute atomic E-state index is 5.79. The second kappa shape index (κ2) is 6.15. The van der Waals surface area contributed by atoms with Crippen molar-refractivity contribution in [2.45, 2.75) is 25.9 Å². The minimum absolute atomic E-state index is 0.236. The largest absolute Gasteiger partial charge is 0.379 e. The molecular weight excluding hydrogens is 212 g/mol. The van der Waals surface area contributed by atoms with Gasteiger partial charge in [-0.3, -0.25) is 4.90 Å². The third-order valence-electron chi connectivity index (χ3n) is 3.09. The van der Waals surface area contributed by atoms with Gasteiger partial charge in [-0.25, -0.2) is 0 Å². The van der Waals surface area contributed by atoms with Crippen LogP contribution in [0.15, 0.2) is 24.3 Å². The maximum atomic E-state index is 5.79. The molecule has 0 bridgehead atoms. The van der Waals surface area contributed by atoms with Gasteiger partial charge in [-0.15, -0.1) is 0 Å². The molecular formula is C14H22N2O. The Morgan fingerprint density at radius 3 is 2.35 bits per heavy atom. The summed E-state index contributed by atoms with van der Waals surface area (Å²) >= 11 is 0. The van der Waals surface area contributed by atoms with E-state index in [0.717, 1.165) is 39.3 Å². The first kappa shape index (κ1) is 12.6. The third-order valence-corrected chi connectivity index (χ3v) is 3.09. The minimum atomic E-state index is 0.236. The Bertz CT molecular complexity index is 329. The summed E-state index contributed by atoms with van der Waals surface area (Å²) in [5.74, 6) is 0. The van der Waals surface area contributed by atoms with Gasteiger partial charge >= 0.3 is 0 Å². The number of ether oxygens (including phenoxy) is 1. The summed E-state index contributed by atoms with van der Waals surface area (Å²) in [6.07, 6.45) is 0.956. The van der Waals surface area contributed by atoms with E-state index in [-0.39, 0.29) is 6.04 Å². The zero-order valence-corrected chi connectivity index (χ0v) is 10.6. The monoisotopic (exact) mass is 234 g/mol. The second-order valence-electron chi connectivity index (χ2n) is 4.89. The average Bonchev–Trinajstić information content (AvgIpc) is 2.32. The second-order valence-corrected chi connectivity index (χ2v) is 4.89. The van der Waals surface area contributed by atoms with Gasteiger partial charge in [-0.2, -0.15) is 0 Å². The van der Waals surface area contributed by atoms with Gasteiger partial charge in [0.2, 0.25) is 0 Å². The van der Waals surface area contributed by atoms with Gasteiger partial charge in [-0.05, 0) is 24.5 Å². The Balaban J connectivity index is 1.88. The Hall–Kier alpha value is -0.900. The fraction of sp³-hybridized carbons (Fsp3) is 0.571. The Morgan fingerprint density at radius 2 is 1.76 bits per heavy atom. The summed E-state index contributed by atoms with van der Waals surface area (Å²) in [5.41, 5.74) is 8.49. The van der Waals surface area contributed by atoms with E-state index in [4.69, 9.17) is 10.5 Å². The fourth-order valence-electron chi connectivity index (χ4n) is 2.17. The van der Waals surface area contributed by atoms with Crippen molar-refractivity contribution in [1.82, 2.24) is 4.90 Å². The number of hydrogen-bond acceptors (Lipinski definition) is 3. The fourth-order valence-corrected chi connectivity index (χ4v) is 2.17. The van der Waals surface area contributed by atoms with Crippen molar-refractivity contribution < 1.29 is 4.74 Å². The lowest BCUT2D eigenvalue weighted by molar-refractivity contribution is 0.0342. The van der Waals surface area contributed by atoms with Gasteiger partial charge < -0.3 is 10.5 Å². The first-order chi connectivity index (χ1) is 8.24. The molecule has 0 saturated carbocycles. The van der Waals surface area contributed by atoms with E-state index in [2.05, 4.69) is 29.2 Å². The van der Waals surface area contributed by atoms with Crippen LogP contribution >= 0.6 is 0 Å². The minimum Gasteiger partial charge on any atom is -0.379 e. The van der Waals surface area contributed by atoms with Crippen LogP contribution in [-0.4, -0.2) is 37.2 Å². The van der Waals surface area contributed by atoms with Crippen molar-refractivity contribution in [3.8, 4) is 0 Å². The van der Waals surface area contributed by atoms with Crippen LogP contribution in [0.1, 0.15) is 18.1 Å². The van der Waals surface area contributed by atoms with Gasteiger partial charge in [0.15, 0.2) is 0 Å². The van der Waals surface area contributed by atoms with Crippen LogP contribution in [0.2, 0.25) is 0 Å². The Labute approximate surface area is 104 Å². The van der Waals surface area contributed by atoms with E-state index in [1.54, 1.807) is 0 Å². The average molecular weight is 234 g/mol. The van der Waals surface area contributed by atoms with Crippen LogP contribution in [0, 0.1) is 0 Å². The first-order valence-electron chi connectivity index (χ1n) is 6.37. The van der Waals surface area contributed by atoms with E-state index < -0.39 is 0 Å². The number of rotatable bonds is 4. The maximum Gasteiger partial charge on any atom is 0.0594 e. The number of hydrogen-bond donors (Lipinski definition) is 1. The molecule has 1 saturated heterocycles. The number of nitrogens with zero attached hydrogens (tertiary/aromatic N) is 1. The molecule has 2 N–H and O–H groups in total. The summed E-state index contributed by atoms with van der Waals surface area (Å²) in [6, 6.07) is 9.05. The SMILES string of the molecule is C[C@H](N)Cc1ccc(CN2CCOCC2)cc1. The number of nitrogens with two attached hydrogens (primary N) is 1. The summed E-state index contributed by atoms with van der Waals surface area (Å²) in [4.78, 5) is 2.43. The highest BCUT2D eigenvalue weighted by Crippen LogP contribution is 2.10. The molecule has 0 aliphatic carbocycles. The van der Waals surface area contributed by atoms with E-state index in [1.165, 1.54) is 11.1 Å². The van der Waals surface area contributed by atoms with Gasteiger partial charge in [-0.1, -0.05) is 24.3 Å². The molecule has 3 nitrogen and oxygen atoms in total. The van der Waals surface area contributed by atoms with Gasteiger partial charge in [0.25, 0.3) is 0 Å². The van der Waals surface area contributed by atoms with Crippen molar-refractivity contribution in [3.63, 3.8) is 0 Å². The van der Waals surface area contributed by atoms with Gasteiger partial charge in [0.1, 0.15) is 0 Å². The molecule has 1 aromatic rings. The third kappa shape index (κ3) is 4.11. The molecule has 1 aromatic carbocycles. The zero-order valence-electron chi connectivity index (χ0n) is 10.6. The molecule has 2 rings (SSSR count). The van der Waals surface area contributed by atoms with Crippen molar-refractivity contribution in [1.29, 1.82) is 0 Å². The molecule has 1 atom stereocenters. The van der Waals surface area contributed by atoms with Crippen molar-refractivity contribution in [2.75, 3.05) is 26.3 Å². The molecule has 1 aliphatic heterocycles. The van der Waals surface area contributed by atoms with Crippen LogP contribution in [0.5, 0.6) is 0 Å². The topological polar surface area (TPSA) is 38.5 Å². The lowest BCUT2D eigenvalue weighted by atomic mass is 10.1. The molecule has 1 fully saturated rings. The molecule has 0 aromatic heterocycles. The van der Waals surface area contributed by atoms with E-state index >= 15 is 0 Å². The highest BCUT2D eigenvalue weighted by Gasteiger charge is 2.10. The zero-order chi connectivity index (χ0) is 12.1. The predicted molar refractivity (Wildman–Crippen MR) is 69.9 cm³/mol. The molecule has 0 unspecified atom stereocenters. The molecule has 1 heterocycles. The summed E-state index contributed by atoms with van der Waals surface area (Å²) in [6.45, 7) is 6.89. The van der Waals surface area contributed by atoms with Crippen LogP contribution in [0.4, 0.5) is 0 Å². The molecule has 0 spiro atoms. The van der Waals surface area contributed by atoms with Crippen LogP contribution in [0.25, 0.3) is 0 Å². The smallest absolute Gasteiger partial charge is 0.0594 e. The lowest BCUT2D eigenvalue weighted by Crippen LogP contribution is -2.35. The molecule has 94 valence electrons. The van der Waals surface area contributed by atoms with Crippen LogP contribution in [0.3, 0.4) is 0 Å². The van der Waals surface area contributed by atoms with Crippen LogP contribution < -0.4 is 5.73 Å². The molecule has 0 radical (unpaired) electrons. The highest BCUT2D eigenvalue weighted by molar-refractivity contribution is 5.23. The molecule has 17 heavy (non-hydrogen) atoms. The summed E-state index contributed by atoms with van der Waals surface area (Å²) < 4.78 is 5.34. The molecule has 0 amide bonds. The van der Waals surface area contributed by atoms with Crippen LogP contribution in [-0.2, 0) is 17.7 Å². The predicted octanol–water partition coefficient (Wildman–Crippen LogP) is 1.41. The summed E-state index contributed by atoms with van der Waals surface area (Å²) in [7, 11) is 0. The van der Waals surface area contributed by atoms with Crippen molar-refractivity contribution >= 4 is 0 Å². The quantitative estimate of drug-likeness (QED) is 0.856. The van der Waals surface area contributed by atoms with Crippen molar-refractivity contribution in [2.24, 2.45) is 5.73 Å². The highest BCUT2D eigenvalue weighted by atomic mass is 16.5.